The van der Waals surface area contributed by atoms with Gasteiger partial charge in [0.25, 0.3) is 0 Å². The number of halogens is 1. The summed E-state index contributed by atoms with van der Waals surface area (Å²) in [6.45, 7) is 3.39. The maximum atomic E-state index is 3.63. The molecule has 1 saturated carbocycles. The fourth-order valence-corrected chi connectivity index (χ4v) is 3.49. The second kappa shape index (κ2) is 4.77. The molecule has 0 unspecified atom stereocenters. The molecule has 0 saturated heterocycles. The molecular formula is C11H16BrNS. The van der Waals surface area contributed by atoms with Crippen molar-refractivity contribution < 1.29 is 0 Å². The molecule has 1 aliphatic carbocycles. The van der Waals surface area contributed by atoms with Crippen molar-refractivity contribution in [1.29, 1.82) is 0 Å². The molecule has 78 valence electrons. The fourth-order valence-electron chi connectivity index (χ4n) is 2.08. The topological polar surface area (TPSA) is 12.0 Å². The Bertz CT molecular complexity index is 297. The van der Waals surface area contributed by atoms with Gasteiger partial charge in [0.05, 0.1) is 0 Å². The summed E-state index contributed by atoms with van der Waals surface area (Å²) in [6, 6.07) is 2.96. The van der Waals surface area contributed by atoms with Gasteiger partial charge in [0.2, 0.25) is 0 Å². The standard InChI is InChI=1S/C11H16BrNS/c1-8-2-3-10(4-8)13-6-11-5-9(12)7-14-11/h5,7-8,10,13H,2-4,6H2,1H3/t8-,10-/m0/s1. The van der Waals surface area contributed by atoms with Crippen LogP contribution in [-0.4, -0.2) is 6.04 Å². The van der Waals surface area contributed by atoms with Crippen LogP contribution in [0.2, 0.25) is 0 Å². The Kier molecular flexibility index (Phi) is 3.63. The molecule has 0 radical (unpaired) electrons. The number of hydrogen-bond donors (Lipinski definition) is 1. The molecule has 1 aromatic rings. The van der Waals surface area contributed by atoms with E-state index in [2.05, 4.69) is 39.6 Å². The first-order valence-electron chi connectivity index (χ1n) is 5.20. The third-order valence-electron chi connectivity index (χ3n) is 2.88. The summed E-state index contributed by atoms with van der Waals surface area (Å²) >= 11 is 5.30. The van der Waals surface area contributed by atoms with Gasteiger partial charge in [-0.2, -0.15) is 0 Å². The molecule has 3 heteroatoms. The molecule has 1 N–H and O–H groups in total. The van der Waals surface area contributed by atoms with Crippen LogP contribution in [0, 0.1) is 5.92 Å². The van der Waals surface area contributed by atoms with Gasteiger partial charge in [-0.1, -0.05) is 6.92 Å². The minimum absolute atomic E-state index is 0.755. The van der Waals surface area contributed by atoms with Gasteiger partial charge in [-0.05, 0) is 47.2 Å². The van der Waals surface area contributed by atoms with Crippen molar-refractivity contribution in [2.24, 2.45) is 5.92 Å². The molecule has 0 spiro atoms. The van der Waals surface area contributed by atoms with Crippen molar-refractivity contribution in [2.45, 2.75) is 38.8 Å². The van der Waals surface area contributed by atoms with Crippen LogP contribution in [0.1, 0.15) is 31.1 Å². The molecule has 1 aliphatic rings. The van der Waals surface area contributed by atoms with Crippen LogP contribution in [-0.2, 0) is 6.54 Å². The van der Waals surface area contributed by atoms with Gasteiger partial charge in [-0.25, -0.2) is 0 Å². The molecule has 0 aliphatic heterocycles. The lowest BCUT2D eigenvalue weighted by atomic mass is 10.1. The molecule has 2 atom stereocenters. The van der Waals surface area contributed by atoms with E-state index in [4.69, 9.17) is 0 Å². The Morgan fingerprint density at radius 3 is 3.00 bits per heavy atom. The number of nitrogens with one attached hydrogen (secondary N) is 1. The van der Waals surface area contributed by atoms with E-state index in [9.17, 15) is 0 Å². The van der Waals surface area contributed by atoms with Gasteiger partial charge in [0.15, 0.2) is 0 Å². The first kappa shape index (κ1) is 10.7. The van der Waals surface area contributed by atoms with Gasteiger partial charge >= 0.3 is 0 Å². The second-order valence-corrected chi connectivity index (χ2v) is 6.14. The highest BCUT2D eigenvalue weighted by atomic mass is 79.9. The highest BCUT2D eigenvalue weighted by Gasteiger charge is 2.20. The lowest BCUT2D eigenvalue weighted by molar-refractivity contribution is 0.504. The third kappa shape index (κ3) is 2.81. The molecule has 2 rings (SSSR count). The molecule has 1 heterocycles. The quantitative estimate of drug-likeness (QED) is 0.884. The molecular weight excluding hydrogens is 258 g/mol. The predicted octanol–water partition coefficient (Wildman–Crippen LogP) is 3.79. The Labute approximate surface area is 98.0 Å². The van der Waals surface area contributed by atoms with E-state index in [0.717, 1.165) is 18.5 Å². The van der Waals surface area contributed by atoms with Crippen LogP contribution in [0.15, 0.2) is 15.9 Å². The number of rotatable bonds is 3. The first-order valence-corrected chi connectivity index (χ1v) is 6.87. The highest BCUT2D eigenvalue weighted by Crippen LogP contribution is 2.25. The van der Waals surface area contributed by atoms with Crippen molar-refractivity contribution in [3.63, 3.8) is 0 Å². The Balaban J connectivity index is 1.77. The Hall–Kier alpha value is 0.140. The minimum atomic E-state index is 0.755. The minimum Gasteiger partial charge on any atom is -0.309 e. The predicted molar refractivity (Wildman–Crippen MR) is 65.7 cm³/mol. The Morgan fingerprint density at radius 2 is 2.43 bits per heavy atom. The summed E-state index contributed by atoms with van der Waals surface area (Å²) in [4.78, 5) is 1.43. The van der Waals surface area contributed by atoms with E-state index >= 15 is 0 Å². The summed E-state index contributed by atoms with van der Waals surface area (Å²) in [5.41, 5.74) is 0. The SMILES string of the molecule is C[C@H]1CC[C@H](NCc2cc(Br)cs2)C1. The molecule has 14 heavy (non-hydrogen) atoms. The normalized spacial score (nSPS) is 27.0. The average Bonchev–Trinajstić information content (AvgIpc) is 2.72. The van der Waals surface area contributed by atoms with Crippen molar-refractivity contribution in [3.05, 3.63) is 20.8 Å². The molecule has 1 fully saturated rings. The van der Waals surface area contributed by atoms with Crippen LogP contribution in [0.3, 0.4) is 0 Å². The van der Waals surface area contributed by atoms with Crippen molar-refractivity contribution in [2.75, 3.05) is 0 Å². The lowest BCUT2D eigenvalue weighted by Gasteiger charge is -2.10. The van der Waals surface area contributed by atoms with E-state index in [-0.39, 0.29) is 0 Å². The molecule has 0 bridgehead atoms. The fraction of sp³-hybridized carbons (Fsp3) is 0.636. The van der Waals surface area contributed by atoms with Crippen molar-refractivity contribution >= 4 is 27.3 Å². The summed E-state index contributed by atoms with van der Waals surface area (Å²) in [7, 11) is 0. The molecule has 0 aromatic carbocycles. The molecule has 1 nitrogen and oxygen atoms in total. The van der Waals surface area contributed by atoms with Gasteiger partial charge < -0.3 is 5.32 Å². The monoisotopic (exact) mass is 273 g/mol. The van der Waals surface area contributed by atoms with Gasteiger partial charge in [0, 0.05) is 27.3 Å². The molecule has 0 amide bonds. The molecule has 1 aromatic heterocycles. The number of hydrogen-bond acceptors (Lipinski definition) is 2. The third-order valence-corrected chi connectivity index (χ3v) is 4.58. The smallest absolute Gasteiger partial charge is 0.0302 e. The van der Waals surface area contributed by atoms with Crippen LogP contribution >= 0.6 is 27.3 Å². The maximum Gasteiger partial charge on any atom is 0.0302 e. The van der Waals surface area contributed by atoms with Gasteiger partial charge in [0.1, 0.15) is 0 Å². The van der Waals surface area contributed by atoms with E-state index in [1.807, 2.05) is 11.3 Å². The van der Waals surface area contributed by atoms with E-state index in [1.54, 1.807) is 0 Å². The van der Waals surface area contributed by atoms with Gasteiger partial charge in [-0.3, -0.25) is 0 Å². The van der Waals surface area contributed by atoms with E-state index in [1.165, 1.54) is 28.6 Å². The zero-order chi connectivity index (χ0) is 9.97. The van der Waals surface area contributed by atoms with Crippen molar-refractivity contribution in [3.8, 4) is 0 Å². The van der Waals surface area contributed by atoms with Crippen LogP contribution < -0.4 is 5.32 Å². The van der Waals surface area contributed by atoms with Gasteiger partial charge in [-0.15, -0.1) is 11.3 Å². The summed E-state index contributed by atoms with van der Waals surface area (Å²) < 4.78 is 1.21. The zero-order valence-corrected chi connectivity index (χ0v) is 10.8. The Morgan fingerprint density at radius 1 is 1.57 bits per heavy atom. The zero-order valence-electron chi connectivity index (χ0n) is 8.42. The van der Waals surface area contributed by atoms with Crippen LogP contribution in [0.25, 0.3) is 0 Å². The summed E-state index contributed by atoms with van der Waals surface area (Å²) in [5.74, 6) is 0.919. The van der Waals surface area contributed by atoms with Crippen molar-refractivity contribution in [1.82, 2.24) is 5.32 Å². The van der Waals surface area contributed by atoms with Crippen LogP contribution in [0.5, 0.6) is 0 Å². The highest BCUT2D eigenvalue weighted by molar-refractivity contribution is 9.10. The summed E-state index contributed by atoms with van der Waals surface area (Å²) in [6.07, 6.45) is 4.10. The maximum absolute atomic E-state index is 3.63. The van der Waals surface area contributed by atoms with E-state index < -0.39 is 0 Å². The first-order chi connectivity index (χ1) is 6.74. The van der Waals surface area contributed by atoms with Crippen LogP contribution in [0.4, 0.5) is 0 Å². The summed E-state index contributed by atoms with van der Waals surface area (Å²) in [5, 5.41) is 5.78. The number of thiophene rings is 1. The largest absolute Gasteiger partial charge is 0.309 e. The average molecular weight is 274 g/mol. The lowest BCUT2D eigenvalue weighted by Crippen LogP contribution is -2.25. The van der Waals surface area contributed by atoms with E-state index in [0.29, 0.717) is 0 Å². The second-order valence-electron chi connectivity index (χ2n) is 4.23.